The van der Waals surface area contributed by atoms with Crippen LogP contribution in [-0.4, -0.2) is 18.3 Å². The summed E-state index contributed by atoms with van der Waals surface area (Å²) < 4.78 is 0. The van der Waals surface area contributed by atoms with Gasteiger partial charge in [0.2, 0.25) is 0 Å². The zero-order valence-electron chi connectivity index (χ0n) is 11.3. The molecule has 2 N–H and O–H groups in total. The lowest BCUT2D eigenvalue weighted by molar-refractivity contribution is 0.207. The molecule has 1 aromatic carbocycles. The van der Waals surface area contributed by atoms with Crippen molar-refractivity contribution in [2.24, 2.45) is 5.41 Å². The van der Waals surface area contributed by atoms with Crippen LogP contribution in [0.1, 0.15) is 38.3 Å². The zero-order chi connectivity index (χ0) is 12.7. The van der Waals surface area contributed by atoms with Gasteiger partial charge in [-0.25, -0.2) is 0 Å². The highest BCUT2D eigenvalue weighted by Gasteiger charge is 2.16. The molecule has 2 heteroatoms. The van der Waals surface area contributed by atoms with Crippen LogP contribution in [0.15, 0.2) is 24.3 Å². The zero-order valence-corrected chi connectivity index (χ0v) is 11.3. The number of hydrogen-bond acceptors (Lipinski definition) is 2. The average molecular weight is 235 g/mol. The van der Waals surface area contributed by atoms with Crippen molar-refractivity contribution in [1.29, 1.82) is 0 Å². The van der Waals surface area contributed by atoms with Gasteiger partial charge >= 0.3 is 0 Å². The molecular formula is C15H25NO. The van der Waals surface area contributed by atoms with Crippen molar-refractivity contribution >= 4 is 0 Å². The maximum Gasteiger partial charge on any atom is 0.0436 e. The van der Waals surface area contributed by atoms with E-state index in [2.05, 4.69) is 50.4 Å². The molecule has 0 saturated heterocycles. The van der Waals surface area contributed by atoms with Crippen LogP contribution in [0.25, 0.3) is 0 Å². The normalized spacial score (nSPS) is 11.8. The number of rotatable bonds is 7. The second kappa shape index (κ2) is 6.77. The number of aliphatic hydroxyl groups is 1. The van der Waals surface area contributed by atoms with E-state index in [1.807, 2.05) is 0 Å². The van der Waals surface area contributed by atoms with Gasteiger partial charge in [0.05, 0.1) is 0 Å². The Labute approximate surface area is 105 Å². The average Bonchev–Trinajstić information content (AvgIpc) is 2.29. The molecule has 0 aliphatic carbocycles. The Balaban J connectivity index is 2.45. The van der Waals surface area contributed by atoms with E-state index in [1.54, 1.807) is 0 Å². The van der Waals surface area contributed by atoms with Crippen molar-refractivity contribution in [1.82, 2.24) is 5.32 Å². The monoisotopic (exact) mass is 235 g/mol. The minimum absolute atomic E-state index is 0.163. The molecule has 0 aliphatic rings. The summed E-state index contributed by atoms with van der Waals surface area (Å²) in [5.41, 5.74) is 2.96. The lowest BCUT2D eigenvalue weighted by Gasteiger charge is -2.24. The highest BCUT2D eigenvalue weighted by atomic mass is 16.3. The van der Waals surface area contributed by atoms with Gasteiger partial charge in [0.15, 0.2) is 0 Å². The minimum Gasteiger partial charge on any atom is -0.396 e. The van der Waals surface area contributed by atoms with E-state index >= 15 is 0 Å². The highest BCUT2D eigenvalue weighted by molar-refractivity contribution is 5.26. The van der Waals surface area contributed by atoms with Crippen molar-refractivity contribution in [3.8, 4) is 0 Å². The van der Waals surface area contributed by atoms with Gasteiger partial charge in [0.1, 0.15) is 0 Å². The number of aliphatic hydroxyl groups excluding tert-OH is 1. The lowest BCUT2D eigenvalue weighted by atomic mass is 9.89. The van der Waals surface area contributed by atoms with Crippen LogP contribution in [0.2, 0.25) is 0 Å². The first-order valence-electron chi connectivity index (χ1n) is 6.47. The van der Waals surface area contributed by atoms with Crippen molar-refractivity contribution < 1.29 is 5.11 Å². The van der Waals surface area contributed by atoms with Crippen molar-refractivity contribution in [3.63, 3.8) is 0 Å². The second-order valence-electron chi connectivity index (χ2n) is 5.36. The predicted molar refractivity (Wildman–Crippen MR) is 73.0 cm³/mol. The SMILES string of the molecule is CCc1ccccc1CNCC(C)(C)CCO. The van der Waals surface area contributed by atoms with Crippen LogP contribution < -0.4 is 5.32 Å². The van der Waals surface area contributed by atoms with Crippen LogP contribution in [-0.2, 0) is 13.0 Å². The molecule has 17 heavy (non-hydrogen) atoms. The Kier molecular flexibility index (Phi) is 5.66. The van der Waals surface area contributed by atoms with Crippen LogP contribution in [0.4, 0.5) is 0 Å². The van der Waals surface area contributed by atoms with E-state index in [4.69, 9.17) is 5.11 Å². The van der Waals surface area contributed by atoms with Gasteiger partial charge in [0.25, 0.3) is 0 Å². The van der Waals surface area contributed by atoms with Gasteiger partial charge in [-0.2, -0.15) is 0 Å². The van der Waals surface area contributed by atoms with Crippen molar-refractivity contribution in [3.05, 3.63) is 35.4 Å². The molecule has 0 aliphatic heterocycles. The smallest absolute Gasteiger partial charge is 0.0436 e. The molecule has 1 rings (SSSR count). The van der Waals surface area contributed by atoms with E-state index in [0.717, 1.165) is 25.9 Å². The molecule has 0 aromatic heterocycles. The predicted octanol–water partition coefficient (Wildman–Crippen LogP) is 2.75. The largest absolute Gasteiger partial charge is 0.396 e. The van der Waals surface area contributed by atoms with Gasteiger partial charge in [-0.15, -0.1) is 0 Å². The first-order valence-corrected chi connectivity index (χ1v) is 6.47. The van der Waals surface area contributed by atoms with E-state index < -0.39 is 0 Å². The van der Waals surface area contributed by atoms with Gasteiger partial charge in [-0.1, -0.05) is 45.0 Å². The summed E-state index contributed by atoms with van der Waals surface area (Å²) in [5.74, 6) is 0. The summed E-state index contributed by atoms with van der Waals surface area (Å²) in [6, 6.07) is 8.56. The number of hydrogen-bond donors (Lipinski definition) is 2. The third-order valence-electron chi connectivity index (χ3n) is 3.21. The van der Waals surface area contributed by atoms with E-state index in [-0.39, 0.29) is 12.0 Å². The molecule has 0 spiro atoms. The van der Waals surface area contributed by atoms with Gasteiger partial charge in [0, 0.05) is 19.7 Å². The molecule has 0 fully saturated rings. The molecule has 0 unspecified atom stereocenters. The Bertz CT molecular complexity index is 333. The summed E-state index contributed by atoms with van der Waals surface area (Å²) in [6.45, 7) is 8.67. The Hall–Kier alpha value is -0.860. The molecule has 0 heterocycles. The molecule has 0 saturated carbocycles. The van der Waals surface area contributed by atoms with Gasteiger partial charge < -0.3 is 10.4 Å². The molecule has 96 valence electrons. The molecule has 0 amide bonds. The molecule has 1 aromatic rings. The first kappa shape index (κ1) is 14.2. The molecule has 0 radical (unpaired) electrons. The van der Waals surface area contributed by atoms with Gasteiger partial charge in [-0.05, 0) is 29.4 Å². The van der Waals surface area contributed by atoms with Crippen molar-refractivity contribution in [2.45, 2.75) is 40.2 Å². The quantitative estimate of drug-likeness (QED) is 0.761. The Morgan fingerprint density at radius 3 is 2.41 bits per heavy atom. The molecule has 0 atom stereocenters. The maximum atomic E-state index is 8.97. The fraction of sp³-hybridized carbons (Fsp3) is 0.600. The third kappa shape index (κ3) is 4.88. The topological polar surface area (TPSA) is 32.3 Å². The highest BCUT2D eigenvalue weighted by Crippen LogP contribution is 2.18. The summed E-state index contributed by atoms with van der Waals surface area (Å²) in [5, 5.41) is 12.5. The van der Waals surface area contributed by atoms with Gasteiger partial charge in [-0.3, -0.25) is 0 Å². The first-order chi connectivity index (χ1) is 8.09. The van der Waals surface area contributed by atoms with E-state index in [1.165, 1.54) is 11.1 Å². The Morgan fingerprint density at radius 2 is 1.82 bits per heavy atom. The summed E-state index contributed by atoms with van der Waals surface area (Å²) >= 11 is 0. The molecular weight excluding hydrogens is 210 g/mol. The van der Waals surface area contributed by atoms with Crippen molar-refractivity contribution in [2.75, 3.05) is 13.2 Å². The third-order valence-corrected chi connectivity index (χ3v) is 3.21. The maximum absolute atomic E-state index is 8.97. The second-order valence-corrected chi connectivity index (χ2v) is 5.36. The fourth-order valence-corrected chi connectivity index (χ4v) is 2.00. The molecule has 2 nitrogen and oxygen atoms in total. The van der Waals surface area contributed by atoms with Crippen LogP contribution in [0.3, 0.4) is 0 Å². The summed E-state index contributed by atoms with van der Waals surface area (Å²) in [7, 11) is 0. The standard InChI is InChI=1S/C15H25NO/c1-4-13-7-5-6-8-14(13)11-16-12-15(2,3)9-10-17/h5-8,16-17H,4,9-12H2,1-3H3. The summed E-state index contributed by atoms with van der Waals surface area (Å²) in [6.07, 6.45) is 1.92. The number of aryl methyl sites for hydroxylation is 1. The van der Waals surface area contributed by atoms with E-state index in [0.29, 0.717) is 0 Å². The molecule has 0 bridgehead atoms. The van der Waals surface area contributed by atoms with Crippen LogP contribution in [0, 0.1) is 5.41 Å². The van der Waals surface area contributed by atoms with Crippen LogP contribution >= 0.6 is 0 Å². The summed E-state index contributed by atoms with van der Waals surface area (Å²) in [4.78, 5) is 0. The Morgan fingerprint density at radius 1 is 1.18 bits per heavy atom. The van der Waals surface area contributed by atoms with E-state index in [9.17, 15) is 0 Å². The number of benzene rings is 1. The minimum atomic E-state index is 0.163. The fourth-order valence-electron chi connectivity index (χ4n) is 2.00. The van der Waals surface area contributed by atoms with Crippen LogP contribution in [0.5, 0.6) is 0 Å². The lowest BCUT2D eigenvalue weighted by Crippen LogP contribution is -2.30. The number of nitrogens with one attached hydrogen (secondary N) is 1.